The van der Waals surface area contributed by atoms with Gasteiger partial charge in [-0.05, 0) is 19.4 Å². The van der Waals surface area contributed by atoms with E-state index in [9.17, 15) is 10.2 Å². The van der Waals surface area contributed by atoms with Crippen molar-refractivity contribution in [3.05, 3.63) is 0 Å². The number of likely N-dealkylation sites (tertiary alicyclic amines) is 1. The minimum absolute atomic E-state index is 0.176. The summed E-state index contributed by atoms with van der Waals surface area (Å²) < 4.78 is 0. The highest BCUT2D eigenvalue weighted by Crippen LogP contribution is 2.21. The predicted molar refractivity (Wildman–Crippen MR) is 48.0 cm³/mol. The van der Waals surface area contributed by atoms with Gasteiger partial charge in [0.25, 0.3) is 0 Å². The van der Waals surface area contributed by atoms with Crippen LogP contribution >= 0.6 is 0 Å². The van der Waals surface area contributed by atoms with Crippen molar-refractivity contribution in [2.24, 2.45) is 0 Å². The van der Waals surface area contributed by atoms with E-state index in [1.165, 1.54) is 0 Å². The molecule has 12 heavy (non-hydrogen) atoms. The van der Waals surface area contributed by atoms with Gasteiger partial charge < -0.3 is 10.2 Å². The van der Waals surface area contributed by atoms with E-state index >= 15 is 0 Å². The Balaban J connectivity index is 2.51. The van der Waals surface area contributed by atoms with Gasteiger partial charge in [-0.25, -0.2) is 0 Å². The molecule has 1 aliphatic rings. The third-order valence-corrected chi connectivity index (χ3v) is 2.70. The topological polar surface area (TPSA) is 43.7 Å². The molecule has 0 saturated carbocycles. The van der Waals surface area contributed by atoms with Crippen LogP contribution in [0.4, 0.5) is 0 Å². The van der Waals surface area contributed by atoms with Crippen LogP contribution in [0.2, 0.25) is 0 Å². The zero-order valence-electron chi connectivity index (χ0n) is 7.90. The largest absolute Gasteiger partial charge is 0.392 e. The highest BCUT2D eigenvalue weighted by molar-refractivity contribution is 4.88. The molecule has 3 heteroatoms. The monoisotopic (exact) mass is 173 g/mol. The van der Waals surface area contributed by atoms with Gasteiger partial charge in [0.05, 0.1) is 12.2 Å². The van der Waals surface area contributed by atoms with Gasteiger partial charge in [-0.15, -0.1) is 0 Å². The zero-order chi connectivity index (χ0) is 9.14. The standard InChI is InChI=1S/C9H19NO2/c1-3-9(12)8-5-7(11)6-10(8)4-2/h7-9,11-12H,3-6H2,1-2H3. The van der Waals surface area contributed by atoms with Crippen molar-refractivity contribution in [2.75, 3.05) is 13.1 Å². The Morgan fingerprint density at radius 2 is 2.17 bits per heavy atom. The average molecular weight is 173 g/mol. The molecule has 3 nitrogen and oxygen atoms in total. The zero-order valence-corrected chi connectivity index (χ0v) is 7.90. The summed E-state index contributed by atoms with van der Waals surface area (Å²) >= 11 is 0. The van der Waals surface area contributed by atoms with Crippen molar-refractivity contribution in [3.8, 4) is 0 Å². The van der Waals surface area contributed by atoms with E-state index in [1.54, 1.807) is 0 Å². The highest BCUT2D eigenvalue weighted by atomic mass is 16.3. The number of rotatable bonds is 3. The van der Waals surface area contributed by atoms with Crippen molar-refractivity contribution in [1.82, 2.24) is 4.90 Å². The molecule has 0 aliphatic carbocycles. The van der Waals surface area contributed by atoms with Gasteiger partial charge in [-0.2, -0.15) is 0 Å². The van der Waals surface area contributed by atoms with E-state index < -0.39 is 0 Å². The lowest BCUT2D eigenvalue weighted by Crippen LogP contribution is -2.38. The van der Waals surface area contributed by atoms with Gasteiger partial charge in [-0.3, -0.25) is 4.90 Å². The molecule has 3 atom stereocenters. The van der Waals surface area contributed by atoms with Crippen LogP contribution in [0.3, 0.4) is 0 Å². The summed E-state index contributed by atoms with van der Waals surface area (Å²) in [4.78, 5) is 2.15. The fourth-order valence-electron chi connectivity index (χ4n) is 1.94. The molecule has 1 heterocycles. The number of nitrogens with zero attached hydrogens (tertiary/aromatic N) is 1. The minimum Gasteiger partial charge on any atom is -0.392 e. The fourth-order valence-corrected chi connectivity index (χ4v) is 1.94. The lowest BCUT2D eigenvalue weighted by Gasteiger charge is -2.26. The van der Waals surface area contributed by atoms with Crippen LogP contribution in [0.25, 0.3) is 0 Å². The number of aliphatic hydroxyl groups is 2. The molecule has 0 bridgehead atoms. The third-order valence-electron chi connectivity index (χ3n) is 2.70. The summed E-state index contributed by atoms with van der Waals surface area (Å²) in [6, 6.07) is 0.176. The molecule has 1 saturated heterocycles. The van der Waals surface area contributed by atoms with Crippen molar-refractivity contribution in [3.63, 3.8) is 0 Å². The number of aliphatic hydroxyl groups excluding tert-OH is 2. The van der Waals surface area contributed by atoms with E-state index in [0.717, 1.165) is 25.9 Å². The van der Waals surface area contributed by atoms with E-state index in [4.69, 9.17) is 0 Å². The Hall–Kier alpha value is -0.120. The molecule has 0 amide bonds. The Morgan fingerprint density at radius 1 is 1.50 bits per heavy atom. The molecule has 0 radical (unpaired) electrons. The van der Waals surface area contributed by atoms with Gasteiger partial charge >= 0.3 is 0 Å². The van der Waals surface area contributed by atoms with Crippen LogP contribution in [0.1, 0.15) is 26.7 Å². The fraction of sp³-hybridized carbons (Fsp3) is 1.00. The van der Waals surface area contributed by atoms with Crippen LogP contribution in [-0.4, -0.2) is 46.5 Å². The first-order valence-corrected chi connectivity index (χ1v) is 4.79. The number of β-amino-alcohol motifs (C(OH)–C–C–N with tert-alkyl or cyclic N) is 1. The normalized spacial score (nSPS) is 34.0. The Kier molecular flexibility index (Phi) is 3.50. The second-order valence-electron chi connectivity index (χ2n) is 3.52. The molecule has 2 N–H and O–H groups in total. The maximum Gasteiger partial charge on any atom is 0.0693 e. The molecule has 1 fully saturated rings. The first kappa shape index (κ1) is 9.96. The molecule has 0 spiro atoms. The van der Waals surface area contributed by atoms with E-state index in [0.29, 0.717) is 0 Å². The van der Waals surface area contributed by atoms with Gasteiger partial charge in [0.2, 0.25) is 0 Å². The molecular weight excluding hydrogens is 154 g/mol. The lowest BCUT2D eigenvalue weighted by atomic mass is 10.1. The summed E-state index contributed by atoms with van der Waals surface area (Å²) in [7, 11) is 0. The number of hydrogen-bond acceptors (Lipinski definition) is 3. The van der Waals surface area contributed by atoms with Crippen molar-refractivity contribution >= 4 is 0 Å². The quantitative estimate of drug-likeness (QED) is 0.641. The van der Waals surface area contributed by atoms with Crippen LogP contribution < -0.4 is 0 Å². The van der Waals surface area contributed by atoms with Crippen LogP contribution in [-0.2, 0) is 0 Å². The van der Waals surface area contributed by atoms with E-state index in [1.807, 2.05) is 6.92 Å². The van der Waals surface area contributed by atoms with Crippen molar-refractivity contribution in [2.45, 2.75) is 44.9 Å². The van der Waals surface area contributed by atoms with Crippen molar-refractivity contribution < 1.29 is 10.2 Å². The minimum atomic E-state index is -0.276. The molecule has 0 aromatic heterocycles. The molecular formula is C9H19NO2. The van der Waals surface area contributed by atoms with Crippen molar-refractivity contribution in [1.29, 1.82) is 0 Å². The lowest BCUT2D eigenvalue weighted by molar-refractivity contribution is 0.0727. The van der Waals surface area contributed by atoms with Crippen LogP contribution in [0, 0.1) is 0 Å². The van der Waals surface area contributed by atoms with Gasteiger partial charge in [0.15, 0.2) is 0 Å². The molecule has 72 valence electrons. The van der Waals surface area contributed by atoms with Gasteiger partial charge in [0, 0.05) is 12.6 Å². The molecule has 0 aromatic rings. The van der Waals surface area contributed by atoms with Crippen LogP contribution in [0.5, 0.6) is 0 Å². The number of likely N-dealkylation sites (N-methyl/N-ethyl adjacent to an activating group) is 1. The summed E-state index contributed by atoms with van der Waals surface area (Å²) in [5.41, 5.74) is 0. The number of hydrogen-bond donors (Lipinski definition) is 2. The average Bonchev–Trinajstić information content (AvgIpc) is 2.45. The maximum absolute atomic E-state index is 9.62. The summed E-state index contributed by atoms with van der Waals surface area (Å²) in [6.45, 7) is 5.67. The third kappa shape index (κ3) is 1.97. The van der Waals surface area contributed by atoms with Crippen LogP contribution in [0.15, 0.2) is 0 Å². The highest BCUT2D eigenvalue weighted by Gasteiger charge is 2.33. The smallest absolute Gasteiger partial charge is 0.0693 e. The molecule has 3 unspecified atom stereocenters. The molecule has 0 aromatic carbocycles. The first-order valence-electron chi connectivity index (χ1n) is 4.79. The summed E-state index contributed by atoms with van der Waals surface area (Å²) in [5, 5.41) is 19.0. The second kappa shape index (κ2) is 4.21. The Labute approximate surface area is 74.0 Å². The summed E-state index contributed by atoms with van der Waals surface area (Å²) in [6.07, 6.45) is 0.981. The van der Waals surface area contributed by atoms with E-state index in [2.05, 4.69) is 11.8 Å². The molecule has 1 rings (SSSR count). The molecule has 1 aliphatic heterocycles. The first-order chi connectivity index (χ1) is 5.69. The Bertz CT molecular complexity index is 140. The second-order valence-corrected chi connectivity index (χ2v) is 3.52. The predicted octanol–water partition coefficient (Wildman–Crippen LogP) is 0.212. The maximum atomic E-state index is 9.62. The summed E-state index contributed by atoms with van der Waals surface area (Å²) in [5.74, 6) is 0. The SMILES string of the molecule is CCC(O)C1CC(O)CN1CC. The van der Waals surface area contributed by atoms with Gasteiger partial charge in [-0.1, -0.05) is 13.8 Å². The Morgan fingerprint density at radius 3 is 2.67 bits per heavy atom. The van der Waals surface area contributed by atoms with Gasteiger partial charge in [0.1, 0.15) is 0 Å². The van der Waals surface area contributed by atoms with E-state index in [-0.39, 0.29) is 18.2 Å².